The first-order valence-corrected chi connectivity index (χ1v) is 9.36. The Hall–Kier alpha value is -2.81. The summed E-state index contributed by atoms with van der Waals surface area (Å²) in [7, 11) is 1.67. The molecular formula is C19H28N4O5. The maximum Gasteiger partial charge on any atom is 0.324 e. The van der Waals surface area contributed by atoms with Gasteiger partial charge in [0.05, 0.1) is 25.8 Å². The Labute approximate surface area is 165 Å². The summed E-state index contributed by atoms with van der Waals surface area (Å²) in [4.78, 5) is 39.2. The molecule has 0 unspecified atom stereocenters. The number of urea groups is 1. The van der Waals surface area contributed by atoms with Gasteiger partial charge in [-0.25, -0.2) is 4.79 Å². The Morgan fingerprint density at radius 3 is 2.54 bits per heavy atom. The molecule has 1 aromatic carbocycles. The van der Waals surface area contributed by atoms with Crippen molar-refractivity contribution >= 4 is 23.5 Å². The molecule has 1 aromatic rings. The van der Waals surface area contributed by atoms with Gasteiger partial charge >= 0.3 is 6.03 Å². The fraction of sp³-hybridized carbons (Fsp3) is 0.526. The van der Waals surface area contributed by atoms with Crippen molar-refractivity contribution in [3.05, 3.63) is 18.2 Å². The van der Waals surface area contributed by atoms with Crippen molar-refractivity contribution in [2.45, 2.75) is 26.8 Å². The maximum atomic E-state index is 12.4. The summed E-state index contributed by atoms with van der Waals surface area (Å²) in [5.41, 5.74) is 0.572. The summed E-state index contributed by atoms with van der Waals surface area (Å²) in [5.74, 6) is 0.561. The van der Waals surface area contributed by atoms with Crippen LogP contribution >= 0.6 is 0 Å². The molecule has 154 valence electrons. The van der Waals surface area contributed by atoms with Gasteiger partial charge in [-0.2, -0.15) is 0 Å². The number of benzene rings is 1. The second-order valence-electron chi connectivity index (χ2n) is 6.39. The van der Waals surface area contributed by atoms with Crippen molar-refractivity contribution in [3.8, 4) is 11.5 Å². The Morgan fingerprint density at radius 1 is 1.25 bits per heavy atom. The number of rotatable bonds is 9. The van der Waals surface area contributed by atoms with E-state index in [0.717, 1.165) is 0 Å². The van der Waals surface area contributed by atoms with Crippen molar-refractivity contribution in [3.63, 3.8) is 0 Å². The smallest absolute Gasteiger partial charge is 0.324 e. The van der Waals surface area contributed by atoms with Gasteiger partial charge in [0.25, 0.3) is 0 Å². The van der Waals surface area contributed by atoms with Crippen LogP contribution in [0.5, 0.6) is 11.5 Å². The minimum Gasteiger partial charge on any atom is -0.490 e. The second-order valence-corrected chi connectivity index (χ2v) is 6.39. The van der Waals surface area contributed by atoms with Crippen molar-refractivity contribution in [1.82, 2.24) is 15.1 Å². The Bertz CT molecular complexity index is 724. The summed E-state index contributed by atoms with van der Waals surface area (Å²) in [6, 6.07) is 4.18. The van der Waals surface area contributed by atoms with E-state index < -0.39 is 12.1 Å². The first-order chi connectivity index (χ1) is 13.4. The normalized spacial score (nSPS) is 14.6. The Kier molecular flexibility index (Phi) is 7.62. The molecular weight excluding hydrogens is 364 g/mol. The number of imide groups is 1. The van der Waals surface area contributed by atoms with Crippen LogP contribution in [0.4, 0.5) is 10.5 Å². The van der Waals surface area contributed by atoms with Crippen LogP contribution in [0.2, 0.25) is 0 Å². The second kappa shape index (κ2) is 9.93. The molecule has 2 rings (SSSR count). The van der Waals surface area contributed by atoms with Crippen LogP contribution in [0.15, 0.2) is 18.2 Å². The zero-order valence-corrected chi connectivity index (χ0v) is 16.8. The molecule has 9 heteroatoms. The molecule has 2 N–H and O–H groups in total. The van der Waals surface area contributed by atoms with Crippen LogP contribution in [0.25, 0.3) is 0 Å². The molecule has 1 aliphatic heterocycles. The van der Waals surface area contributed by atoms with Gasteiger partial charge < -0.3 is 20.1 Å². The molecule has 0 spiro atoms. The van der Waals surface area contributed by atoms with Gasteiger partial charge in [-0.1, -0.05) is 0 Å². The van der Waals surface area contributed by atoms with E-state index in [2.05, 4.69) is 10.6 Å². The highest BCUT2D eigenvalue weighted by atomic mass is 16.5. The summed E-state index contributed by atoms with van der Waals surface area (Å²) >= 11 is 0. The van der Waals surface area contributed by atoms with Crippen LogP contribution in [-0.4, -0.2) is 73.6 Å². The van der Waals surface area contributed by atoms with E-state index in [0.29, 0.717) is 43.5 Å². The number of hydrogen-bond acceptors (Lipinski definition) is 6. The quantitative estimate of drug-likeness (QED) is 0.657. The lowest BCUT2D eigenvalue weighted by Gasteiger charge is -2.26. The van der Waals surface area contributed by atoms with E-state index in [9.17, 15) is 14.4 Å². The minimum absolute atomic E-state index is 0.000451. The van der Waals surface area contributed by atoms with Gasteiger partial charge in [0, 0.05) is 24.8 Å². The maximum absolute atomic E-state index is 12.4. The highest BCUT2D eigenvalue weighted by Gasteiger charge is 2.31. The molecule has 0 radical (unpaired) electrons. The molecule has 0 aliphatic carbocycles. The number of nitrogens with zero attached hydrogens (tertiary/aromatic N) is 2. The van der Waals surface area contributed by atoms with E-state index in [1.807, 2.05) is 13.8 Å². The van der Waals surface area contributed by atoms with Crippen LogP contribution in [0, 0.1) is 0 Å². The van der Waals surface area contributed by atoms with Crippen molar-refractivity contribution in [2.24, 2.45) is 0 Å². The molecule has 1 heterocycles. The third kappa shape index (κ3) is 5.35. The fourth-order valence-electron chi connectivity index (χ4n) is 2.79. The fourth-order valence-corrected chi connectivity index (χ4v) is 2.79. The first kappa shape index (κ1) is 21.5. The van der Waals surface area contributed by atoms with Gasteiger partial charge in [-0.15, -0.1) is 0 Å². The minimum atomic E-state index is -0.603. The average Bonchev–Trinajstić information content (AvgIpc) is 3.08. The Morgan fingerprint density at radius 2 is 1.93 bits per heavy atom. The van der Waals surface area contributed by atoms with Crippen LogP contribution < -0.4 is 20.1 Å². The number of ether oxygens (including phenoxy) is 2. The summed E-state index contributed by atoms with van der Waals surface area (Å²) in [6.07, 6.45) is 0. The number of amides is 4. The third-order valence-electron chi connectivity index (χ3n) is 4.36. The molecule has 1 fully saturated rings. The zero-order valence-electron chi connectivity index (χ0n) is 16.8. The largest absolute Gasteiger partial charge is 0.490 e. The number of carbonyl (C=O) groups excluding carboxylic acids is 3. The van der Waals surface area contributed by atoms with Gasteiger partial charge in [-0.05, 0) is 40.0 Å². The third-order valence-corrected chi connectivity index (χ3v) is 4.36. The topological polar surface area (TPSA) is 100 Å². The van der Waals surface area contributed by atoms with Gasteiger partial charge in [0.1, 0.15) is 0 Å². The summed E-state index contributed by atoms with van der Waals surface area (Å²) in [5, 5.41) is 5.39. The van der Waals surface area contributed by atoms with Crippen LogP contribution in [-0.2, 0) is 9.59 Å². The average molecular weight is 392 g/mol. The first-order valence-electron chi connectivity index (χ1n) is 9.36. The van der Waals surface area contributed by atoms with E-state index >= 15 is 0 Å². The summed E-state index contributed by atoms with van der Waals surface area (Å²) in [6.45, 7) is 7.20. The monoisotopic (exact) mass is 392 g/mol. The highest BCUT2D eigenvalue weighted by molar-refractivity contribution is 5.98. The standard InChI is InChI=1S/C19H28N4O5/c1-5-27-15-8-7-14(11-16(15)28-6-2)21-17(24)12-22(4)13(3)18(25)23-10-9-20-19(23)26/h7-8,11,13H,5-6,9-10,12H2,1-4H3,(H,20,26)(H,21,24)/t13-/m0/s1. The van der Waals surface area contributed by atoms with E-state index in [1.54, 1.807) is 37.1 Å². The molecule has 0 bridgehead atoms. The molecule has 1 saturated heterocycles. The van der Waals surface area contributed by atoms with Crippen LogP contribution in [0.1, 0.15) is 20.8 Å². The lowest BCUT2D eigenvalue weighted by atomic mass is 10.2. The number of nitrogens with one attached hydrogen (secondary N) is 2. The lowest BCUT2D eigenvalue weighted by molar-refractivity contribution is -0.132. The number of likely N-dealkylation sites (N-methyl/N-ethyl adjacent to an activating group) is 1. The van der Waals surface area contributed by atoms with E-state index in [1.165, 1.54) is 4.90 Å². The Balaban J connectivity index is 1.96. The number of carbonyl (C=O) groups is 3. The van der Waals surface area contributed by atoms with Crippen molar-refractivity contribution in [1.29, 1.82) is 0 Å². The number of anilines is 1. The summed E-state index contributed by atoms with van der Waals surface area (Å²) < 4.78 is 11.1. The lowest BCUT2D eigenvalue weighted by Crippen LogP contribution is -2.48. The SMILES string of the molecule is CCOc1ccc(NC(=O)CN(C)[C@@H](C)C(=O)N2CCNC2=O)cc1OCC. The molecule has 1 atom stereocenters. The van der Waals surface area contributed by atoms with Crippen molar-refractivity contribution in [2.75, 3.05) is 45.2 Å². The van der Waals surface area contributed by atoms with Gasteiger partial charge in [-0.3, -0.25) is 19.4 Å². The molecule has 9 nitrogen and oxygen atoms in total. The molecule has 1 aliphatic rings. The predicted molar refractivity (Wildman–Crippen MR) is 105 cm³/mol. The molecule has 28 heavy (non-hydrogen) atoms. The highest BCUT2D eigenvalue weighted by Crippen LogP contribution is 2.30. The molecule has 4 amide bonds. The predicted octanol–water partition coefficient (Wildman–Crippen LogP) is 1.29. The number of hydrogen-bond donors (Lipinski definition) is 2. The van der Waals surface area contributed by atoms with Crippen molar-refractivity contribution < 1.29 is 23.9 Å². The molecule has 0 saturated carbocycles. The van der Waals surface area contributed by atoms with Gasteiger partial charge in [0.2, 0.25) is 11.8 Å². The van der Waals surface area contributed by atoms with Gasteiger partial charge in [0.15, 0.2) is 11.5 Å². The van der Waals surface area contributed by atoms with E-state index in [-0.39, 0.29) is 18.4 Å². The van der Waals surface area contributed by atoms with Crippen LogP contribution in [0.3, 0.4) is 0 Å². The molecule has 0 aromatic heterocycles. The zero-order chi connectivity index (χ0) is 20.7. The van der Waals surface area contributed by atoms with E-state index in [4.69, 9.17) is 9.47 Å².